The highest BCUT2D eigenvalue weighted by Crippen LogP contribution is 2.50. The summed E-state index contributed by atoms with van der Waals surface area (Å²) in [6.45, 7) is 0. The van der Waals surface area contributed by atoms with Crippen molar-refractivity contribution in [3.63, 3.8) is 0 Å². The van der Waals surface area contributed by atoms with Crippen LogP contribution in [0.1, 0.15) is 0 Å². The van der Waals surface area contributed by atoms with Gasteiger partial charge in [-0.05, 0) is 94.7 Å². The molecule has 61 heavy (non-hydrogen) atoms. The van der Waals surface area contributed by atoms with Gasteiger partial charge in [-0.2, -0.15) is 0 Å². The van der Waals surface area contributed by atoms with Crippen LogP contribution in [0.4, 0.5) is 34.1 Å². The molecule has 0 unspecified atom stereocenters. The number of rotatable bonds is 8. The van der Waals surface area contributed by atoms with Gasteiger partial charge in [0, 0.05) is 49.4 Å². The predicted octanol–water partition coefficient (Wildman–Crippen LogP) is 16.3. The van der Waals surface area contributed by atoms with Crippen LogP contribution in [0.3, 0.4) is 0 Å². The minimum Gasteiger partial charge on any atom is -0.310 e. The summed E-state index contributed by atoms with van der Waals surface area (Å²) in [4.78, 5) is 4.86. The van der Waals surface area contributed by atoms with Gasteiger partial charge in [-0.15, -0.1) is 0 Å². The maximum atomic E-state index is 2.49. The van der Waals surface area contributed by atoms with Gasteiger partial charge in [-0.3, -0.25) is 0 Å². The van der Waals surface area contributed by atoms with Gasteiger partial charge in [0.2, 0.25) is 0 Å². The second kappa shape index (κ2) is 14.3. The van der Waals surface area contributed by atoms with E-state index < -0.39 is 0 Å². The Bertz CT molecular complexity index is 3510. The first kappa shape index (κ1) is 34.9. The molecule has 0 radical (unpaired) electrons. The normalized spacial score (nSPS) is 11.6. The molecule has 12 aromatic rings. The summed E-state index contributed by atoms with van der Waals surface area (Å²) in [5.41, 5.74) is 12.7. The number of para-hydroxylation sites is 2. The molecule has 11 aromatic carbocycles. The number of benzene rings is 11. The molecule has 0 N–H and O–H groups in total. The summed E-state index contributed by atoms with van der Waals surface area (Å²) < 4.78 is 2.49. The summed E-state index contributed by atoms with van der Waals surface area (Å²) in [7, 11) is 0. The molecule has 0 amide bonds. The lowest BCUT2D eigenvalue weighted by molar-refractivity contribution is 1.20. The van der Waals surface area contributed by atoms with Gasteiger partial charge >= 0.3 is 0 Å². The lowest BCUT2D eigenvalue weighted by Crippen LogP contribution is -2.11. The van der Waals surface area contributed by atoms with Crippen LogP contribution in [0, 0.1) is 0 Å². The Hall–Kier alpha value is -8.14. The monoisotopic (exact) mass is 777 g/mol. The van der Waals surface area contributed by atoms with Crippen molar-refractivity contribution < 1.29 is 0 Å². The van der Waals surface area contributed by atoms with Crippen LogP contribution in [-0.4, -0.2) is 4.57 Å². The number of hydrogen-bond donors (Lipinski definition) is 0. The van der Waals surface area contributed by atoms with Crippen molar-refractivity contribution in [3.05, 3.63) is 237 Å². The molecule has 0 saturated carbocycles. The Morgan fingerprint density at radius 2 is 0.705 bits per heavy atom. The van der Waals surface area contributed by atoms with E-state index in [9.17, 15) is 0 Å². The number of hydrogen-bond acceptors (Lipinski definition) is 2. The average molecular weight is 778 g/mol. The van der Waals surface area contributed by atoms with Crippen LogP contribution in [0.15, 0.2) is 237 Å². The third-order valence-electron chi connectivity index (χ3n) is 12.3. The van der Waals surface area contributed by atoms with Gasteiger partial charge < -0.3 is 14.4 Å². The summed E-state index contributed by atoms with van der Waals surface area (Å²) in [5, 5.41) is 9.73. The Balaban J connectivity index is 1.16. The fraction of sp³-hybridized carbons (Fsp3) is 0. The van der Waals surface area contributed by atoms with Crippen LogP contribution in [0.25, 0.3) is 70.9 Å². The van der Waals surface area contributed by atoms with Gasteiger partial charge in [-0.25, -0.2) is 0 Å². The van der Waals surface area contributed by atoms with Crippen LogP contribution in [0.2, 0.25) is 0 Å². The molecular weight excluding hydrogens is 739 g/mol. The van der Waals surface area contributed by atoms with E-state index in [2.05, 4.69) is 251 Å². The van der Waals surface area contributed by atoms with E-state index >= 15 is 0 Å². The smallest absolute Gasteiger partial charge is 0.0549 e. The number of fused-ring (bicyclic) bond motifs is 2. The lowest BCUT2D eigenvalue weighted by atomic mass is 9.97. The quantitative estimate of drug-likeness (QED) is 0.142. The molecule has 12 rings (SSSR count). The summed E-state index contributed by atoms with van der Waals surface area (Å²) >= 11 is 0. The largest absolute Gasteiger partial charge is 0.310 e. The fourth-order valence-electron chi connectivity index (χ4n) is 9.61. The Morgan fingerprint density at radius 1 is 0.262 bits per heavy atom. The third-order valence-corrected chi connectivity index (χ3v) is 12.3. The standard InChI is InChI=1S/C58H39N3/c1-4-16-40(17-5-1)41-30-32-46(33-31-41)59(44-22-6-2-7-23-44)53-36-38-55-57-49(53)34-35-50-54(37-39-56(58(50)57)61(55)52-29-15-21-43-19-11-13-27-48(43)52)60(45-24-8-3-9-25-45)51-28-14-20-42-18-10-12-26-47(42)51/h1-39H. The van der Waals surface area contributed by atoms with Crippen LogP contribution < -0.4 is 9.80 Å². The zero-order valence-electron chi connectivity index (χ0n) is 33.4. The van der Waals surface area contributed by atoms with Crippen molar-refractivity contribution in [2.75, 3.05) is 9.80 Å². The summed E-state index contributed by atoms with van der Waals surface area (Å²) in [5.74, 6) is 0. The maximum Gasteiger partial charge on any atom is 0.0549 e. The molecule has 0 saturated heterocycles. The van der Waals surface area contributed by atoms with Crippen molar-refractivity contribution in [1.82, 2.24) is 4.57 Å². The van der Waals surface area contributed by atoms with Crippen LogP contribution >= 0.6 is 0 Å². The molecule has 0 spiro atoms. The van der Waals surface area contributed by atoms with E-state index in [4.69, 9.17) is 0 Å². The highest BCUT2D eigenvalue weighted by molar-refractivity contribution is 6.29. The average Bonchev–Trinajstić information content (AvgIpc) is 3.67. The van der Waals surface area contributed by atoms with E-state index in [0.717, 1.165) is 34.1 Å². The molecule has 0 fully saturated rings. The van der Waals surface area contributed by atoms with E-state index in [1.165, 1.54) is 70.9 Å². The van der Waals surface area contributed by atoms with Gasteiger partial charge in [-0.1, -0.05) is 164 Å². The second-order valence-electron chi connectivity index (χ2n) is 15.7. The van der Waals surface area contributed by atoms with E-state index in [1.54, 1.807) is 0 Å². The number of anilines is 6. The van der Waals surface area contributed by atoms with Crippen molar-refractivity contribution in [2.24, 2.45) is 0 Å². The van der Waals surface area contributed by atoms with Crippen molar-refractivity contribution in [3.8, 4) is 16.8 Å². The minimum absolute atomic E-state index is 1.10. The Kier molecular flexibility index (Phi) is 8.17. The Labute approximate surface area is 354 Å². The van der Waals surface area contributed by atoms with Gasteiger partial charge in [0.15, 0.2) is 0 Å². The topological polar surface area (TPSA) is 11.4 Å². The van der Waals surface area contributed by atoms with Crippen molar-refractivity contribution >= 4 is 88.2 Å². The minimum atomic E-state index is 1.10. The summed E-state index contributed by atoms with van der Waals surface area (Å²) in [6, 6.07) is 85.9. The van der Waals surface area contributed by atoms with Crippen molar-refractivity contribution in [1.29, 1.82) is 0 Å². The molecule has 0 bridgehead atoms. The second-order valence-corrected chi connectivity index (χ2v) is 15.7. The highest BCUT2D eigenvalue weighted by atomic mass is 15.2. The first-order valence-corrected chi connectivity index (χ1v) is 20.9. The zero-order chi connectivity index (χ0) is 40.3. The van der Waals surface area contributed by atoms with E-state index in [-0.39, 0.29) is 0 Å². The molecule has 0 aliphatic heterocycles. The number of aromatic nitrogens is 1. The SMILES string of the molecule is c1ccc(-c2ccc(N(c3ccccc3)c3ccc4c5c3ccc3c(N(c6ccccc6)c6cccc7ccccc67)ccc(c35)n4-c3cccc4ccccc34)cc2)cc1. The van der Waals surface area contributed by atoms with Crippen LogP contribution in [-0.2, 0) is 0 Å². The molecule has 3 heteroatoms. The molecule has 0 aliphatic rings. The van der Waals surface area contributed by atoms with Gasteiger partial charge in [0.05, 0.1) is 33.8 Å². The van der Waals surface area contributed by atoms with Crippen molar-refractivity contribution in [2.45, 2.75) is 0 Å². The Morgan fingerprint density at radius 3 is 1.34 bits per heavy atom. The van der Waals surface area contributed by atoms with E-state index in [1.807, 2.05) is 0 Å². The lowest BCUT2D eigenvalue weighted by Gasteiger charge is -2.29. The first-order chi connectivity index (χ1) is 30.3. The first-order valence-electron chi connectivity index (χ1n) is 20.9. The van der Waals surface area contributed by atoms with E-state index in [0.29, 0.717) is 0 Å². The van der Waals surface area contributed by atoms with Gasteiger partial charge in [0.1, 0.15) is 0 Å². The predicted molar refractivity (Wildman–Crippen MR) is 259 cm³/mol. The summed E-state index contributed by atoms with van der Waals surface area (Å²) in [6.07, 6.45) is 0. The zero-order valence-corrected chi connectivity index (χ0v) is 33.4. The molecule has 3 nitrogen and oxygen atoms in total. The molecule has 0 aliphatic carbocycles. The number of nitrogens with zero attached hydrogens (tertiary/aromatic N) is 3. The highest BCUT2D eigenvalue weighted by Gasteiger charge is 2.26. The maximum absolute atomic E-state index is 2.49. The fourth-order valence-corrected chi connectivity index (χ4v) is 9.61. The van der Waals surface area contributed by atoms with Gasteiger partial charge in [0.25, 0.3) is 0 Å². The molecule has 1 aromatic heterocycles. The third kappa shape index (κ3) is 5.66. The molecular formula is C58H39N3. The molecule has 286 valence electrons. The molecule has 0 atom stereocenters. The molecule has 1 heterocycles. The van der Waals surface area contributed by atoms with Crippen LogP contribution in [0.5, 0.6) is 0 Å².